The van der Waals surface area contributed by atoms with E-state index in [0.717, 1.165) is 9.13 Å². The fraction of sp³-hybridized carbons (Fsp3) is 0. The quantitative estimate of drug-likeness (QED) is 0.420. The van der Waals surface area contributed by atoms with Crippen LogP contribution >= 0.6 is 11.3 Å². The van der Waals surface area contributed by atoms with E-state index in [1.807, 2.05) is 11.3 Å². The van der Waals surface area contributed by atoms with Gasteiger partial charge in [0, 0.05) is 9.58 Å². The molecule has 17 heavy (non-hydrogen) atoms. The standard InChI is InChI=1S/C15H9SSi/c1-4-8-14-10(5-1)9-13-15(17-14)11-6-2-3-7-12(11)16-13/h1-9H. The van der Waals surface area contributed by atoms with Crippen molar-refractivity contribution in [3.05, 3.63) is 63.4 Å². The molecule has 0 bridgehead atoms. The Kier molecular flexibility index (Phi) is 1.95. The zero-order chi connectivity index (χ0) is 11.2. The largest absolute Gasteiger partial charge is 0.136 e. The van der Waals surface area contributed by atoms with Crippen LogP contribution in [0.2, 0.25) is 0 Å². The first-order valence-corrected chi connectivity index (χ1v) is 7.46. The predicted octanol–water partition coefficient (Wildman–Crippen LogP) is 2.32. The molecule has 0 amide bonds. The number of rotatable bonds is 0. The molecule has 0 aliphatic carbocycles. The van der Waals surface area contributed by atoms with Crippen molar-refractivity contribution in [3.63, 3.8) is 0 Å². The number of benzene rings is 2. The van der Waals surface area contributed by atoms with Crippen molar-refractivity contribution in [3.8, 4) is 0 Å². The maximum absolute atomic E-state index is 2.34. The molecule has 0 N–H and O–H groups in total. The normalized spacial score (nSPS) is 12.5. The van der Waals surface area contributed by atoms with E-state index in [9.17, 15) is 0 Å². The van der Waals surface area contributed by atoms with Gasteiger partial charge in [0.15, 0.2) is 0 Å². The average Bonchev–Trinajstić information content (AvgIpc) is 2.73. The smallest absolute Gasteiger partial charge is 0.0722 e. The van der Waals surface area contributed by atoms with E-state index in [1.54, 1.807) is 0 Å². The molecule has 1 aliphatic rings. The zero-order valence-corrected chi connectivity index (χ0v) is 10.9. The molecule has 0 spiro atoms. The lowest BCUT2D eigenvalue weighted by Crippen LogP contribution is -2.20. The second kappa shape index (κ2) is 3.49. The van der Waals surface area contributed by atoms with E-state index in [2.05, 4.69) is 54.6 Å². The molecular formula is C15H9SSi. The van der Waals surface area contributed by atoms with Gasteiger partial charge in [-0.25, -0.2) is 0 Å². The van der Waals surface area contributed by atoms with E-state index in [1.165, 1.54) is 30.2 Å². The van der Waals surface area contributed by atoms with Crippen LogP contribution < -0.4 is 10.4 Å². The number of fused-ring (bicyclic) bond motifs is 4. The summed E-state index contributed by atoms with van der Waals surface area (Å²) < 4.78 is 1.41. The summed E-state index contributed by atoms with van der Waals surface area (Å²) in [7, 11) is 0.801. The molecule has 1 aromatic heterocycles. The Morgan fingerprint density at radius 3 is 2.71 bits per heavy atom. The summed E-state index contributed by atoms with van der Waals surface area (Å²) >= 11 is 1.91. The molecule has 1 radical (unpaired) electrons. The van der Waals surface area contributed by atoms with Crippen LogP contribution in [0.3, 0.4) is 0 Å². The lowest BCUT2D eigenvalue weighted by molar-refractivity contribution is 1.56. The summed E-state index contributed by atoms with van der Waals surface area (Å²) in [5.41, 5.74) is 0. The molecule has 2 heterocycles. The van der Waals surface area contributed by atoms with Gasteiger partial charge in [-0.1, -0.05) is 42.5 Å². The van der Waals surface area contributed by atoms with Crippen LogP contribution in [0.25, 0.3) is 16.2 Å². The predicted molar refractivity (Wildman–Crippen MR) is 75.7 cm³/mol. The molecule has 3 aromatic rings. The van der Waals surface area contributed by atoms with Crippen LogP contribution in [0.4, 0.5) is 0 Å². The van der Waals surface area contributed by atoms with Crippen molar-refractivity contribution in [1.29, 1.82) is 0 Å². The van der Waals surface area contributed by atoms with Gasteiger partial charge in [0.1, 0.15) is 0 Å². The lowest BCUT2D eigenvalue weighted by atomic mass is 10.2. The topological polar surface area (TPSA) is 0 Å². The van der Waals surface area contributed by atoms with Gasteiger partial charge in [-0.15, -0.1) is 11.3 Å². The first-order chi connectivity index (χ1) is 8.42. The van der Waals surface area contributed by atoms with Gasteiger partial charge < -0.3 is 0 Å². The number of hydrogen-bond donors (Lipinski definition) is 0. The Morgan fingerprint density at radius 2 is 1.71 bits per heavy atom. The molecule has 0 fully saturated rings. The Morgan fingerprint density at radius 1 is 0.882 bits per heavy atom. The monoisotopic (exact) mass is 249 g/mol. The maximum atomic E-state index is 2.34. The first-order valence-electron chi connectivity index (χ1n) is 5.64. The Bertz CT molecular complexity index is 843. The summed E-state index contributed by atoms with van der Waals surface area (Å²) in [4.78, 5) is 2.92. The highest BCUT2D eigenvalue weighted by Crippen LogP contribution is 2.23. The Hall–Kier alpha value is -1.51. The zero-order valence-electron chi connectivity index (χ0n) is 9.10. The van der Waals surface area contributed by atoms with Crippen LogP contribution in [-0.4, -0.2) is 9.13 Å². The minimum Gasteiger partial charge on any atom is -0.136 e. The number of hydrogen-bond acceptors (Lipinski definition) is 1. The van der Waals surface area contributed by atoms with Crippen molar-refractivity contribution < 1.29 is 0 Å². The van der Waals surface area contributed by atoms with Crippen molar-refractivity contribution in [2.45, 2.75) is 0 Å². The minimum absolute atomic E-state index is 0.801. The molecule has 1 aliphatic heterocycles. The van der Waals surface area contributed by atoms with Crippen LogP contribution in [0.1, 0.15) is 4.88 Å². The second-order valence-corrected chi connectivity index (χ2v) is 6.57. The SMILES string of the molecule is C1=c2ccccc2=[Si]c2c1sc1ccccc21. The molecule has 79 valence electrons. The van der Waals surface area contributed by atoms with Crippen molar-refractivity contribution >= 4 is 41.8 Å². The van der Waals surface area contributed by atoms with Crippen LogP contribution in [0, 0.1) is 4.81 Å². The number of thiophene rings is 1. The maximum Gasteiger partial charge on any atom is 0.0722 e. The Labute approximate surface area is 105 Å². The molecule has 0 saturated heterocycles. The van der Waals surface area contributed by atoms with Gasteiger partial charge in [0.25, 0.3) is 0 Å². The first kappa shape index (κ1) is 9.51. The van der Waals surface area contributed by atoms with Crippen molar-refractivity contribution in [1.82, 2.24) is 0 Å². The second-order valence-electron chi connectivity index (χ2n) is 4.19. The van der Waals surface area contributed by atoms with Gasteiger partial charge in [-0.3, -0.25) is 0 Å². The highest BCUT2D eigenvalue weighted by atomic mass is 32.1. The molecule has 4 rings (SSSR count). The highest BCUT2D eigenvalue weighted by molar-refractivity contribution is 7.21. The summed E-state index contributed by atoms with van der Waals surface area (Å²) in [6.45, 7) is 0. The van der Waals surface area contributed by atoms with Gasteiger partial charge in [0.2, 0.25) is 0 Å². The van der Waals surface area contributed by atoms with Gasteiger partial charge >= 0.3 is 0 Å². The fourth-order valence-electron chi connectivity index (χ4n) is 2.31. The average molecular weight is 249 g/mol. The molecule has 0 nitrogen and oxygen atoms in total. The third kappa shape index (κ3) is 1.38. The fourth-order valence-corrected chi connectivity index (χ4v) is 5.06. The van der Waals surface area contributed by atoms with Crippen LogP contribution in [0.5, 0.6) is 0 Å². The summed E-state index contributed by atoms with van der Waals surface area (Å²) in [6, 6.07) is 17.5. The molecule has 2 heteroatoms. The van der Waals surface area contributed by atoms with Crippen LogP contribution in [-0.2, 0) is 0 Å². The van der Waals surface area contributed by atoms with E-state index in [0.29, 0.717) is 0 Å². The molecule has 0 unspecified atom stereocenters. The van der Waals surface area contributed by atoms with Crippen molar-refractivity contribution in [2.24, 2.45) is 0 Å². The van der Waals surface area contributed by atoms with Gasteiger partial charge in [0.05, 0.1) is 9.13 Å². The summed E-state index contributed by atoms with van der Waals surface area (Å²) in [6.07, 6.45) is 2.34. The van der Waals surface area contributed by atoms with Gasteiger partial charge in [-0.2, -0.15) is 0 Å². The molecule has 0 saturated carbocycles. The third-order valence-electron chi connectivity index (χ3n) is 3.13. The van der Waals surface area contributed by atoms with E-state index in [-0.39, 0.29) is 0 Å². The lowest BCUT2D eigenvalue weighted by Gasteiger charge is -2.00. The molecule has 2 aromatic carbocycles. The van der Waals surface area contributed by atoms with E-state index in [4.69, 9.17) is 0 Å². The molecular weight excluding hydrogens is 240 g/mol. The van der Waals surface area contributed by atoms with E-state index < -0.39 is 0 Å². The van der Waals surface area contributed by atoms with Crippen molar-refractivity contribution in [2.75, 3.05) is 0 Å². The van der Waals surface area contributed by atoms with Gasteiger partial charge in [-0.05, 0) is 32.7 Å². The highest BCUT2D eigenvalue weighted by Gasteiger charge is 2.10. The van der Waals surface area contributed by atoms with Crippen LogP contribution in [0.15, 0.2) is 48.5 Å². The summed E-state index contributed by atoms with van der Waals surface area (Å²) in [5, 5.41) is 4.37. The third-order valence-corrected chi connectivity index (χ3v) is 5.94. The minimum atomic E-state index is 0.801. The van der Waals surface area contributed by atoms with E-state index >= 15 is 0 Å². The summed E-state index contributed by atoms with van der Waals surface area (Å²) in [5.74, 6) is 0. The Balaban J connectivity index is 2.19. The molecule has 0 atom stereocenters.